The third kappa shape index (κ3) is 6.04. The van der Waals surface area contributed by atoms with Crippen molar-refractivity contribution in [2.24, 2.45) is 0 Å². The number of nitrogens with zero attached hydrogens (tertiary/aromatic N) is 3. The Labute approximate surface area is 291 Å². The van der Waals surface area contributed by atoms with Gasteiger partial charge in [0.2, 0.25) is 0 Å². The van der Waals surface area contributed by atoms with Gasteiger partial charge in [-0.3, -0.25) is 9.55 Å². The molecule has 244 valence electrons. The topological polar surface area (TPSA) is 50.9 Å². The van der Waals surface area contributed by atoms with E-state index in [4.69, 9.17) is 4.98 Å². The standard InChI is InChI=1S/C40H31F3N3O.Pt/c1-24-19-27-11-8-18-44-36(27)32(20-24)25-9-7-10-26(21-25)33-22-29(40(41,42)43)23-34-37(33)45-38(31-12-5-6-13-35(31)47)46(34)30-16-14-28(15-17-30)39(2,3)4;/h5-20,22-23,47H,1-4H3;/q-1;. The fraction of sp³-hybridized carbons (Fsp3) is 0.150. The molecule has 0 aliphatic heterocycles. The van der Waals surface area contributed by atoms with E-state index in [9.17, 15) is 18.3 Å². The van der Waals surface area contributed by atoms with Crippen LogP contribution in [0.1, 0.15) is 37.5 Å². The van der Waals surface area contributed by atoms with Gasteiger partial charge in [0.25, 0.3) is 0 Å². The summed E-state index contributed by atoms with van der Waals surface area (Å²) in [7, 11) is 0. The number of pyridine rings is 1. The maximum absolute atomic E-state index is 14.6. The van der Waals surface area contributed by atoms with E-state index in [2.05, 4.69) is 31.8 Å². The predicted molar refractivity (Wildman–Crippen MR) is 182 cm³/mol. The summed E-state index contributed by atoms with van der Waals surface area (Å²) in [5.41, 5.74) is 5.90. The first kappa shape index (κ1) is 33.2. The van der Waals surface area contributed by atoms with Crippen molar-refractivity contribution < 1.29 is 39.3 Å². The van der Waals surface area contributed by atoms with Crippen LogP contribution in [0.2, 0.25) is 0 Å². The Bertz CT molecular complexity index is 2300. The SMILES string of the molecule is Cc1cc(-c2[c-]c(-c3cc(C(F)(F)F)cc4c3nc(-c3ccccc3O)n4-c3ccc(C(C)(C)C)cc3)ccc2)c2ncccc2c1.[Pt]. The molecule has 0 spiro atoms. The van der Waals surface area contributed by atoms with Crippen molar-refractivity contribution in [1.29, 1.82) is 0 Å². The number of aromatic nitrogens is 3. The molecule has 0 amide bonds. The van der Waals surface area contributed by atoms with Gasteiger partial charge in [-0.1, -0.05) is 86.0 Å². The van der Waals surface area contributed by atoms with E-state index in [0.29, 0.717) is 33.7 Å². The van der Waals surface area contributed by atoms with Crippen LogP contribution >= 0.6 is 0 Å². The normalized spacial score (nSPS) is 12.0. The Morgan fingerprint density at radius 2 is 1.40 bits per heavy atom. The van der Waals surface area contributed by atoms with E-state index < -0.39 is 11.7 Å². The number of hydrogen-bond donors (Lipinski definition) is 1. The Balaban J connectivity index is 0.00000401. The monoisotopic (exact) mass is 821 g/mol. The second kappa shape index (κ2) is 12.4. The van der Waals surface area contributed by atoms with Crippen molar-refractivity contribution in [1.82, 2.24) is 14.5 Å². The molecular formula is C40H31F3N3OPt-. The summed E-state index contributed by atoms with van der Waals surface area (Å²) in [5.74, 6) is 0.299. The minimum atomic E-state index is -4.63. The Kier molecular flexibility index (Phi) is 8.55. The molecule has 48 heavy (non-hydrogen) atoms. The van der Waals surface area contributed by atoms with Crippen molar-refractivity contribution in [3.63, 3.8) is 0 Å². The van der Waals surface area contributed by atoms with Gasteiger partial charge in [0.1, 0.15) is 11.6 Å². The number of benzene rings is 5. The van der Waals surface area contributed by atoms with Crippen molar-refractivity contribution in [2.45, 2.75) is 39.3 Å². The zero-order chi connectivity index (χ0) is 33.1. The molecule has 2 heterocycles. The predicted octanol–water partition coefficient (Wildman–Crippen LogP) is 10.7. The number of alkyl halides is 3. The first-order valence-electron chi connectivity index (χ1n) is 15.3. The zero-order valence-corrected chi connectivity index (χ0v) is 28.9. The van der Waals surface area contributed by atoms with Crippen LogP contribution in [-0.2, 0) is 32.7 Å². The summed E-state index contributed by atoms with van der Waals surface area (Å²) >= 11 is 0. The smallest absolute Gasteiger partial charge is 0.415 e. The van der Waals surface area contributed by atoms with Gasteiger partial charge in [-0.25, -0.2) is 4.98 Å². The van der Waals surface area contributed by atoms with Crippen LogP contribution in [0.25, 0.3) is 61.3 Å². The van der Waals surface area contributed by atoms with Crippen molar-refractivity contribution >= 4 is 21.9 Å². The quantitative estimate of drug-likeness (QED) is 0.180. The molecule has 0 saturated heterocycles. The molecule has 7 aromatic rings. The number of phenolic OH excluding ortho intramolecular Hbond substituents is 1. The van der Waals surface area contributed by atoms with Crippen LogP contribution in [0.15, 0.2) is 109 Å². The van der Waals surface area contributed by atoms with Crippen molar-refractivity contribution in [3.8, 4) is 45.1 Å². The molecule has 7 rings (SSSR count). The van der Waals surface area contributed by atoms with E-state index in [0.717, 1.165) is 39.7 Å². The number of imidazole rings is 1. The summed E-state index contributed by atoms with van der Waals surface area (Å²) < 4.78 is 45.5. The number of fused-ring (bicyclic) bond motifs is 2. The van der Waals surface area contributed by atoms with Gasteiger partial charge in [-0.05, 0) is 59.7 Å². The number of para-hydroxylation sites is 1. The van der Waals surface area contributed by atoms with Gasteiger partial charge in [0, 0.05) is 38.5 Å². The molecule has 0 fully saturated rings. The second-order valence-corrected chi connectivity index (χ2v) is 12.8. The van der Waals surface area contributed by atoms with Crippen LogP contribution in [0, 0.1) is 13.0 Å². The minimum Gasteiger partial charge on any atom is -0.507 e. The number of rotatable bonds is 4. The number of halogens is 3. The molecule has 0 atom stereocenters. The Hall–Kier alpha value is -4.74. The van der Waals surface area contributed by atoms with Gasteiger partial charge in [-0.2, -0.15) is 13.2 Å². The third-order valence-corrected chi connectivity index (χ3v) is 8.45. The average molecular weight is 822 g/mol. The molecule has 2 aromatic heterocycles. The van der Waals surface area contributed by atoms with E-state index >= 15 is 0 Å². The maximum Gasteiger partial charge on any atom is 0.415 e. The molecule has 0 aliphatic rings. The van der Waals surface area contributed by atoms with Gasteiger partial charge >= 0.3 is 6.18 Å². The molecule has 4 nitrogen and oxygen atoms in total. The summed E-state index contributed by atoms with van der Waals surface area (Å²) in [6, 6.07) is 33.5. The van der Waals surface area contributed by atoms with E-state index in [1.54, 1.807) is 41.1 Å². The van der Waals surface area contributed by atoms with Gasteiger partial charge < -0.3 is 5.11 Å². The molecule has 0 unspecified atom stereocenters. The molecule has 8 heteroatoms. The average Bonchev–Trinajstić information content (AvgIpc) is 3.43. The number of aromatic hydroxyl groups is 1. The molecule has 0 aliphatic carbocycles. The molecule has 5 aromatic carbocycles. The summed E-state index contributed by atoms with van der Waals surface area (Å²) in [5, 5.41) is 11.9. The Morgan fingerprint density at radius 1 is 0.708 bits per heavy atom. The first-order chi connectivity index (χ1) is 22.4. The summed E-state index contributed by atoms with van der Waals surface area (Å²) in [6.07, 6.45) is -2.90. The number of phenols is 1. The first-order valence-corrected chi connectivity index (χ1v) is 15.3. The molecule has 0 saturated carbocycles. The zero-order valence-electron chi connectivity index (χ0n) is 26.6. The molecule has 0 radical (unpaired) electrons. The van der Waals surface area contributed by atoms with Crippen molar-refractivity contribution in [2.75, 3.05) is 0 Å². The molecule has 1 N–H and O–H groups in total. The van der Waals surface area contributed by atoms with Gasteiger partial charge in [-0.15, -0.1) is 35.4 Å². The third-order valence-electron chi connectivity index (χ3n) is 8.45. The summed E-state index contributed by atoms with van der Waals surface area (Å²) in [6.45, 7) is 8.30. The number of hydrogen-bond acceptors (Lipinski definition) is 3. The van der Waals surface area contributed by atoms with Crippen molar-refractivity contribution in [3.05, 3.63) is 132 Å². The largest absolute Gasteiger partial charge is 0.507 e. The van der Waals surface area contributed by atoms with Crippen LogP contribution in [0.4, 0.5) is 13.2 Å². The van der Waals surface area contributed by atoms with E-state index in [1.165, 1.54) is 0 Å². The fourth-order valence-electron chi connectivity index (χ4n) is 6.09. The number of aryl methyl sites for hydroxylation is 1. The van der Waals surface area contributed by atoms with Crippen LogP contribution in [-0.4, -0.2) is 19.6 Å². The van der Waals surface area contributed by atoms with E-state index in [1.807, 2.05) is 67.6 Å². The van der Waals surface area contributed by atoms with Gasteiger partial charge in [0.05, 0.1) is 22.2 Å². The second-order valence-electron chi connectivity index (χ2n) is 12.8. The molecular weight excluding hydrogens is 791 g/mol. The van der Waals surface area contributed by atoms with E-state index in [-0.39, 0.29) is 43.3 Å². The molecule has 0 bridgehead atoms. The Morgan fingerprint density at radius 3 is 2.06 bits per heavy atom. The summed E-state index contributed by atoms with van der Waals surface area (Å²) in [4.78, 5) is 9.56. The minimum absolute atomic E-state index is 0. The maximum atomic E-state index is 14.6. The van der Waals surface area contributed by atoms with Crippen LogP contribution < -0.4 is 0 Å². The van der Waals surface area contributed by atoms with Crippen LogP contribution in [0.3, 0.4) is 0 Å². The van der Waals surface area contributed by atoms with Crippen LogP contribution in [0.5, 0.6) is 5.75 Å². The van der Waals surface area contributed by atoms with Gasteiger partial charge in [0.15, 0.2) is 0 Å². The fourth-order valence-corrected chi connectivity index (χ4v) is 6.09.